The monoisotopic (exact) mass is 225 g/mol. The molecule has 0 spiro atoms. The molecule has 0 bridgehead atoms. The SMILES string of the molecule is CCN(CC)C(=O)C1(CC(C)C)CC1(C)C. The lowest BCUT2D eigenvalue weighted by atomic mass is 9.85. The van der Waals surface area contributed by atoms with Crippen molar-refractivity contribution in [2.75, 3.05) is 13.1 Å². The van der Waals surface area contributed by atoms with Gasteiger partial charge in [0.1, 0.15) is 0 Å². The van der Waals surface area contributed by atoms with Crippen molar-refractivity contribution in [3.63, 3.8) is 0 Å². The van der Waals surface area contributed by atoms with Crippen LogP contribution in [0.1, 0.15) is 54.4 Å². The average molecular weight is 225 g/mol. The molecule has 1 fully saturated rings. The van der Waals surface area contributed by atoms with Crippen molar-refractivity contribution in [1.82, 2.24) is 4.90 Å². The van der Waals surface area contributed by atoms with E-state index in [1.165, 1.54) is 0 Å². The summed E-state index contributed by atoms with van der Waals surface area (Å²) in [5.41, 5.74) is 0.143. The van der Waals surface area contributed by atoms with Crippen molar-refractivity contribution in [1.29, 1.82) is 0 Å². The minimum Gasteiger partial charge on any atom is -0.343 e. The number of amides is 1. The Kier molecular flexibility index (Phi) is 3.71. The van der Waals surface area contributed by atoms with E-state index in [4.69, 9.17) is 0 Å². The second kappa shape index (κ2) is 4.38. The van der Waals surface area contributed by atoms with Crippen molar-refractivity contribution in [2.24, 2.45) is 16.7 Å². The molecule has 1 amide bonds. The Bertz CT molecular complexity index is 266. The minimum atomic E-state index is -0.0623. The Labute approximate surface area is 100 Å². The van der Waals surface area contributed by atoms with Crippen molar-refractivity contribution in [3.05, 3.63) is 0 Å². The van der Waals surface area contributed by atoms with Gasteiger partial charge in [0.25, 0.3) is 0 Å². The molecular weight excluding hydrogens is 198 g/mol. The molecule has 1 saturated carbocycles. The highest BCUT2D eigenvalue weighted by molar-refractivity contribution is 5.87. The van der Waals surface area contributed by atoms with E-state index in [2.05, 4.69) is 41.5 Å². The molecule has 94 valence electrons. The number of carbonyl (C=O) groups is 1. The minimum absolute atomic E-state index is 0.0623. The van der Waals surface area contributed by atoms with Gasteiger partial charge in [-0.25, -0.2) is 0 Å². The summed E-state index contributed by atoms with van der Waals surface area (Å²) in [6.07, 6.45) is 2.10. The lowest BCUT2D eigenvalue weighted by Crippen LogP contribution is -2.39. The third kappa shape index (κ3) is 2.11. The predicted octanol–water partition coefficient (Wildman–Crippen LogP) is 3.32. The van der Waals surface area contributed by atoms with Gasteiger partial charge >= 0.3 is 0 Å². The number of hydrogen-bond donors (Lipinski definition) is 0. The standard InChI is InChI=1S/C14H27NO/c1-7-15(8-2)12(16)14(9-11(3)4)10-13(14,5)6/h11H,7-10H2,1-6H3. The van der Waals surface area contributed by atoms with Gasteiger partial charge in [-0.15, -0.1) is 0 Å². The molecule has 0 aromatic rings. The molecule has 0 aromatic heterocycles. The molecule has 0 N–H and O–H groups in total. The highest BCUT2D eigenvalue weighted by Gasteiger charge is 2.66. The Morgan fingerprint density at radius 2 is 1.69 bits per heavy atom. The van der Waals surface area contributed by atoms with Crippen molar-refractivity contribution in [3.8, 4) is 0 Å². The van der Waals surface area contributed by atoms with Crippen LogP contribution in [-0.4, -0.2) is 23.9 Å². The highest BCUT2D eigenvalue weighted by Crippen LogP contribution is 2.67. The van der Waals surface area contributed by atoms with Crippen LogP contribution in [0.25, 0.3) is 0 Å². The first-order valence-corrected chi connectivity index (χ1v) is 6.60. The van der Waals surface area contributed by atoms with Crippen LogP contribution >= 0.6 is 0 Å². The van der Waals surface area contributed by atoms with Gasteiger partial charge in [0, 0.05) is 13.1 Å². The van der Waals surface area contributed by atoms with Gasteiger partial charge < -0.3 is 4.90 Å². The molecule has 1 aliphatic carbocycles. The second-order valence-electron chi connectivity index (χ2n) is 6.22. The average Bonchev–Trinajstić information content (AvgIpc) is 2.70. The van der Waals surface area contributed by atoms with Crippen LogP contribution in [0.4, 0.5) is 0 Å². The van der Waals surface area contributed by atoms with Gasteiger partial charge in [0.15, 0.2) is 0 Å². The lowest BCUT2D eigenvalue weighted by molar-refractivity contribution is -0.138. The summed E-state index contributed by atoms with van der Waals surface area (Å²) < 4.78 is 0. The first-order chi connectivity index (χ1) is 7.30. The van der Waals surface area contributed by atoms with Crippen molar-refractivity contribution < 1.29 is 4.79 Å². The first-order valence-electron chi connectivity index (χ1n) is 6.60. The molecular formula is C14H27NO. The van der Waals surface area contributed by atoms with Crippen LogP contribution in [0.5, 0.6) is 0 Å². The first kappa shape index (κ1) is 13.5. The molecule has 16 heavy (non-hydrogen) atoms. The maximum absolute atomic E-state index is 12.6. The van der Waals surface area contributed by atoms with Crippen LogP contribution in [0.2, 0.25) is 0 Å². The Morgan fingerprint density at radius 1 is 1.25 bits per heavy atom. The molecule has 0 aromatic carbocycles. The summed E-state index contributed by atoms with van der Waals surface area (Å²) in [6.45, 7) is 14.7. The largest absolute Gasteiger partial charge is 0.343 e. The van der Waals surface area contributed by atoms with Crippen molar-refractivity contribution in [2.45, 2.75) is 54.4 Å². The molecule has 1 aliphatic rings. The Hall–Kier alpha value is -0.530. The number of nitrogens with zero attached hydrogens (tertiary/aromatic N) is 1. The molecule has 1 unspecified atom stereocenters. The van der Waals surface area contributed by atoms with Gasteiger partial charge in [-0.1, -0.05) is 27.7 Å². The topological polar surface area (TPSA) is 20.3 Å². The van der Waals surface area contributed by atoms with Crippen LogP contribution in [0.3, 0.4) is 0 Å². The van der Waals surface area contributed by atoms with Crippen LogP contribution in [0, 0.1) is 16.7 Å². The van der Waals surface area contributed by atoms with E-state index >= 15 is 0 Å². The normalized spacial score (nSPS) is 26.9. The van der Waals surface area contributed by atoms with Crippen LogP contribution in [0.15, 0.2) is 0 Å². The zero-order chi connectivity index (χ0) is 12.6. The van der Waals surface area contributed by atoms with E-state index in [1.54, 1.807) is 0 Å². The van der Waals surface area contributed by atoms with Gasteiger partial charge in [-0.2, -0.15) is 0 Å². The predicted molar refractivity (Wildman–Crippen MR) is 68.2 cm³/mol. The van der Waals surface area contributed by atoms with Crippen molar-refractivity contribution >= 4 is 5.91 Å². The summed E-state index contributed by atoms with van der Waals surface area (Å²) in [5, 5.41) is 0. The molecule has 1 atom stereocenters. The van der Waals surface area contributed by atoms with E-state index < -0.39 is 0 Å². The van der Waals surface area contributed by atoms with Gasteiger partial charge in [0.05, 0.1) is 5.41 Å². The molecule has 0 saturated heterocycles. The zero-order valence-electron chi connectivity index (χ0n) is 11.8. The van der Waals surface area contributed by atoms with Gasteiger partial charge in [0.2, 0.25) is 5.91 Å². The van der Waals surface area contributed by atoms with E-state index in [0.717, 1.165) is 25.9 Å². The molecule has 0 heterocycles. The van der Waals surface area contributed by atoms with E-state index in [-0.39, 0.29) is 10.8 Å². The van der Waals surface area contributed by atoms with E-state index in [9.17, 15) is 4.79 Å². The Morgan fingerprint density at radius 3 is 1.94 bits per heavy atom. The van der Waals surface area contributed by atoms with Gasteiger partial charge in [-0.05, 0) is 38.0 Å². The zero-order valence-corrected chi connectivity index (χ0v) is 11.8. The fourth-order valence-electron chi connectivity index (χ4n) is 3.02. The molecule has 2 heteroatoms. The summed E-state index contributed by atoms with van der Waals surface area (Å²) >= 11 is 0. The number of carbonyl (C=O) groups excluding carboxylic acids is 1. The molecule has 1 rings (SSSR count). The van der Waals surface area contributed by atoms with Crippen LogP contribution < -0.4 is 0 Å². The smallest absolute Gasteiger partial charge is 0.229 e. The van der Waals surface area contributed by atoms with E-state index in [1.807, 2.05) is 4.90 Å². The third-order valence-corrected chi connectivity index (χ3v) is 4.13. The molecule has 2 nitrogen and oxygen atoms in total. The lowest BCUT2D eigenvalue weighted by Gasteiger charge is -2.29. The maximum atomic E-state index is 12.6. The fraction of sp³-hybridized carbons (Fsp3) is 0.929. The van der Waals surface area contributed by atoms with Gasteiger partial charge in [-0.3, -0.25) is 4.79 Å². The molecule has 0 aliphatic heterocycles. The molecule has 0 radical (unpaired) electrons. The summed E-state index contributed by atoms with van der Waals surface area (Å²) in [6, 6.07) is 0. The number of hydrogen-bond acceptors (Lipinski definition) is 1. The fourth-order valence-corrected chi connectivity index (χ4v) is 3.02. The van der Waals surface area contributed by atoms with Crippen LogP contribution in [-0.2, 0) is 4.79 Å². The number of rotatable bonds is 5. The third-order valence-electron chi connectivity index (χ3n) is 4.13. The summed E-state index contributed by atoms with van der Waals surface area (Å²) in [5.74, 6) is 0.984. The van der Waals surface area contributed by atoms with E-state index in [0.29, 0.717) is 11.8 Å². The summed E-state index contributed by atoms with van der Waals surface area (Å²) in [7, 11) is 0. The highest BCUT2D eigenvalue weighted by atomic mass is 16.2. The Balaban J connectivity index is 2.84. The summed E-state index contributed by atoms with van der Waals surface area (Å²) in [4.78, 5) is 14.6. The second-order valence-corrected chi connectivity index (χ2v) is 6.22. The maximum Gasteiger partial charge on any atom is 0.229 e. The quantitative estimate of drug-likeness (QED) is 0.703.